The van der Waals surface area contributed by atoms with E-state index in [0.717, 1.165) is 56.3 Å². The Balaban J connectivity index is 1.26. The molecule has 1 N–H and O–H groups in total. The minimum absolute atomic E-state index is 0.533. The minimum Gasteiger partial charge on any atom is -0.493 e. The Morgan fingerprint density at radius 3 is 2.36 bits per heavy atom. The summed E-state index contributed by atoms with van der Waals surface area (Å²) in [5, 5.41) is 12.5. The van der Waals surface area contributed by atoms with Crippen LogP contribution in [-0.2, 0) is 19.5 Å². The van der Waals surface area contributed by atoms with E-state index in [1.54, 1.807) is 27.7 Å². The highest BCUT2D eigenvalue weighted by atomic mass is 16.5. The third kappa shape index (κ3) is 5.53. The summed E-state index contributed by atoms with van der Waals surface area (Å²) in [7, 11) is 4.78. The van der Waals surface area contributed by atoms with Gasteiger partial charge in [0.25, 0.3) is 0 Å². The van der Waals surface area contributed by atoms with E-state index in [2.05, 4.69) is 26.2 Å². The molecule has 1 saturated heterocycles. The highest BCUT2D eigenvalue weighted by Gasteiger charge is 2.27. The number of rotatable bonds is 9. The quantitative estimate of drug-likeness (QED) is 0.311. The topological polar surface area (TPSA) is 114 Å². The van der Waals surface area contributed by atoms with E-state index in [-0.39, 0.29) is 0 Å². The minimum atomic E-state index is 0.533. The first-order valence-electron chi connectivity index (χ1n) is 14.1. The third-order valence-corrected chi connectivity index (χ3v) is 7.79. The van der Waals surface area contributed by atoms with Crippen molar-refractivity contribution >= 4 is 17.6 Å². The van der Waals surface area contributed by atoms with Gasteiger partial charge in [0.2, 0.25) is 11.7 Å². The van der Waals surface area contributed by atoms with E-state index in [0.29, 0.717) is 34.6 Å². The van der Waals surface area contributed by atoms with Crippen LogP contribution in [0.1, 0.15) is 35.2 Å². The average molecular weight is 567 g/mol. The van der Waals surface area contributed by atoms with Crippen LogP contribution in [0.4, 0.5) is 17.6 Å². The number of anilines is 3. The molecule has 42 heavy (non-hydrogen) atoms. The molecule has 0 bridgehead atoms. The van der Waals surface area contributed by atoms with Gasteiger partial charge in [0.15, 0.2) is 17.3 Å². The van der Waals surface area contributed by atoms with Gasteiger partial charge in [-0.15, -0.1) is 0 Å². The maximum atomic E-state index is 9.12. The Morgan fingerprint density at radius 2 is 1.69 bits per heavy atom. The fraction of sp³-hybridized carbons (Fsp3) is 0.355. The first-order chi connectivity index (χ1) is 20.6. The van der Waals surface area contributed by atoms with Crippen molar-refractivity contribution in [2.24, 2.45) is 0 Å². The highest BCUT2D eigenvalue weighted by molar-refractivity contribution is 5.60. The Hall–Kier alpha value is -4.82. The van der Waals surface area contributed by atoms with E-state index < -0.39 is 0 Å². The zero-order valence-electron chi connectivity index (χ0n) is 24.1. The number of nitrogens with one attached hydrogen (secondary N) is 1. The number of imidazole rings is 1. The molecule has 0 spiro atoms. The van der Waals surface area contributed by atoms with Gasteiger partial charge in [0.1, 0.15) is 12.1 Å². The van der Waals surface area contributed by atoms with E-state index in [1.165, 1.54) is 24.0 Å². The number of hydrogen-bond acceptors (Lipinski definition) is 10. The molecule has 0 saturated carbocycles. The van der Waals surface area contributed by atoms with E-state index in [1.807, 2.05) is 47.2 Å². The predicted octanol–water partition coefficient (Wildman–Crippen LogP) is 4.46. The SMILES string of the molecule is COc1cc(-n2cnc(Nc3nc4c(c(N5CCCC5)n3)CCN(Cc3ccc(C#N)cc3)C4)c2)cc(OC)c1OC. The zero-order chi connectivity index (χ0) is 29.1. The summed E-state index contributed by atoms with van der Waals surface area (Å²) in [6.07, 6.45) is 6.85. The summed E-state index contributed by atoms with van der Waals surface area (Å²) < 4.78 is 18.4. The van der Waals surface area contributed by atoms with Crippen LogP contribution in [0.15, 0.2) is 48.9 Å². The van der Waals surface area contributed by atoms with Gasteiger partial charge in [-0.2, -0.15) is 10.2 Å². The lowest BCUT2D eigenvalue weighted by molar-refractivity contribution is 0.241. The molecule has 6 rings (SSSR count). The summed E-state index contributed by atoms with van der Waals surface area (Å²) in [6.45, 7) is 4.48. The van der Waals surface area contributed by atoms with Gasteiger partial charge in [0.05, 0.1) is 50.5 Å². The average Bonchev–Trinajstić information content (AvgIpc) is 3.73. The van der Waals surface area contributed by atoms with Gasteiger partial charge in [-0.25, -0.2) is 9.97 Å². The molecule has 0 amide bonds. The highest BCUT2D eigenvalue weighted by Crippen LogP contribution is 2.39. The molecule has 2 aromatic heterocycles. The number of ether oxygens (including phenoxy) is 3. The second-order valence-electron chi connectivity index (χ2n) is 10.4. The standard InChI is InChI=1S/C31H34N8O3/c1-40-26-14-23(15-27(41-2)29(26)42-3)39-19-28(33-20-39)35-31-34-25-18-37(17-22-8-6-21(16-32)7-9-22)13-10-24(25)30(36-31)38-11-4-5-12-38/h6-9,14-15,19-20H,4-5,10-13,17-18H2,1-3H3,(H,34,35,36). The van der Waals surface area contributed by atoms with Gasteiger partial charge in [0, 0.05) is 50.4 Å². The van der Waals surface area contributed by atoms with Crippen LogP contribution in [0, 0.1) is 11.3 Å². The van der Waals surface area contributed by atoms with Crippen molar-refractivity contribution in [3.05, 3.63) is 71.3 Å². The lowest BCUT2D eigenvalue weighted by Gasteiger charge is -2.31. The molecule has 0 atom stereocenters. The number of aromatic nitrogens is 4. The fourth-order valence-corrected chi connectivity index (χ4v) is 5.65. The Bertz CT molecular complexity index is 1580. The Kier molecular flexibility index (Phi) is 7.79. The van der Waals surface area contributed by atoms with Crippen LogP contribution in [0.3, 0.4) is 0 Å². The van der Waals surface area contributed by atoms with E-state index in [9.17, 15) is 0 Å². The molecule has 0 radical (unpaired) electrons. The van der Waals surface area contributed by atoms with Gasteiger partial charge in [-0.3, -0.25) is 4.90 Å². The van der Waals surface area contributed by atoms with Crippen molar-refractivity contribution in [3.8, 4) is 29.0 Å². The molecule has 216 valence electrons. The smallest absolute Gasteiger partial charge is 0.230 e. The van der Waals surface area contributed by atoms with Crippen molar-refractivity contribution in [1.82, 2.24) is 24.4 Å². The third-order valence-electron chi connectivity index (χ3n) is 7.79. The number of nitrogens with zero attached hydrogens (tertiary/aromatic N) is 7. The lowest BCUT2D eigenvalue weighted by atomic mass is 10.0. The molecule has 2 aromatic carbocycles. The van der Waals surface area contributed by atoms with Gasteiger partial charge >= 0.3 is 0 Å². The summed E-state index contributed by atoms with van der Waals surface area (Å²) in [5.74, 6) is 3.85. The summed E-state index contributed by atoms with van der Waals surface area (Å²) in [5.41, 5.74) is 4.95. The Labute approximate surface area is 245 Å². The van der Waals surface area contributed by atoms with Crippen LogP contribution in [-0.4, -0.2) is 65.4 Å². The number of nitriles is 1. The molecule has 11 heteroatoms. The van der Waals surface area contributed by atoms with Crippen LogP contribution < -0.4 is 24.4 Å². The monoisotopic (exact) mass is 566 g/mol. The molecule has 0 aliphatic carbocycles. The van der Waals surface area contributed by atoms with Crippen molar-refractivity contribution in [1.29, 1.82) is 5.26 Å². The van der Waals surface area contributed by atoms with Crippen LogP contribution in [0.25, 0.3) is 5.69 Å². The number of fused-ring (bicyclic) bond motifs is 1. The predicted molar refractivity (Wildman–Crippen MR) is 159 cm³/mol. The summed E-state index contributed by atoms with van der Waals surface area (Å²) >= 11 is 0. The summed E-state index contributed by atoms with van der Waals surface area (Å²) in [4.78, 5) is 19.3. The van der Waals surface area contributed by atoms with Crippen LogP contribution >= 0.6 is 0 Å². The summed E-state index contributed by atoms with van der Waals surface area (Å²) in [6, 6.07) is 13.7. The molecule has 2 aliphatic heterocycles. The van der Waals surface area contributed by atoms with E-state index >= 15 is 0 Å². The van der Waals surface area contributed by atoms with Crippen molar-refractivity contribution in [2.75, 3.05) is 51.2 Å². The molecule has 11 nitrogen and oxygen atoms in total. The molecule has 4 aromatic rings. The van der Waals surface area contributed by atoms with Crippen molar-refractivity contribution < 1.29 is 14.2 Å². The van der Waals surface area contributed by atoms with Crippen LogP contribution in [0.2, 0.25) is 0 Å². The lowest BCUT2D eigenvalue weighted by Crippen LogP contribution is -2.33. The molecule has 0 unspecified atom stereocenters. The van der Waals surface area contributed by atoms with Crippen LogP contribution in [0.5, 0.6) is 17.2 Å². The first-order valence-corrected chi connectivity index (χ1v) is 14.1. The fourth-order valence-electron chi connectivity index (χ4n) is 5.65. The van der Waals surface area contributed by atoms with Gasteiger partial charge < -0.3 is 29.0 Å². The Morgan fingerprint density at radius 1 is 0.952 bits per heavy atom. The molecule has 1 fully saturated rings. The maximum Gasteiger partial charge on any atom is 0.230 e. The maximum absolute atomic E-state index is 9.12. The number of methoxy groups -OCH3 is 3. The first kappa shape index (κ1) is 27.4. The van der Waals surface area contributed by atoms with Gasteiger partial charge in [-0.05, 0) is 37.0 Å². The van der Waals surface area contributed by atoms with Crippen molar-refractivity contribution in [2.45, 2.75) is 32.4 Å². The normalized spacial score (nSPS) is 14.8. The molecular formula is C31H34N8O3. The van der Waals surface area contributed by atoms with Gasteiger partial charge in [-0.1, -0.05) is 12.1 Å². The molecule has 4 heterocycles. The second-order valence-corrected chi connectivity index (χ2v) is 10.4. The second kappa shape index (κ2) is 12.0. The number of hydrogen-bond donors (Lipinski definition) is 1. The molecule has 2 aliphatic rings. The largest absolute Gasteiger partial charge is 0.493 e. The van der Waals surface area contributed by atoms with Crippen molar-refractivity contribution in [3.63, 3.8) is 0 Å². The zero-order valence-corrected chi connectivity index (χ0v) is 24.1. The van der Waals surface area contributed by atoms with E-state index in [4.69, 9.17) is 29.4 Å². The number of benzene rings is 2. The molecular weight excluding hydrogens is 532 g/mol.